The monoisotopic (exact) mass is 373 g/mol. The number of fused-ring (bicyclic) bond motifs is 1. The molecule has 0 fully saturated rings. The van der Waals surface area contributed by atoms with Crippen molar-refractivity contribution in [1.82, 2.24) is 0 Å². The summed E-state index contributed by atoms with van der Waals surface area (Å²) in [7, 11) is -8.23. The Bertz CT molecular complexity index is 1080. The zero-order chi connectivity index (χ0) is 18.3. The first kappa shape index (κ1) is 17.9. The van der Waals surface area contributed by atoms with Gasteiger partial charge in [0, 0.05) is 0 Å². The third-order valence-corrected chi connectivity index (χ3v) is 4.84. The molecule has 0 unspecified atom stereocenters. The Hall–Kier alpha value is -2.41. The van der Waals surface area contributed by atoms with Crippen LogP contribution in [-0.4, -0.2) is 39.8 Å². The van der Waals surface area contributed by atoms with E-state index in [1.54, 1.807) is 0 Å². The van der Waals surface area contributed by atoms with Crippen molar-refractivity contribution >= 4 is 49.1 Å². The fourth-order valence-corrected chi connectivity index (χ4v) is 3.39. The van der Waals surface area contributed by atoms with E-state index in [1.807, 2.05) is 0 Å². The molecule has 0 radical (unpaired) electrons. The predicted molar refractivity (Wildman–Crippen MR) is 84.1 cm³/mol. The SMILES string of the molecule is C=Nc1cc(S(=O)(=O)O)cc2cc(S(=O)(=O)O)c(N=N)c(OC)c12. The summed E-state index contributed by atoms with van der Waals surface area (Å²) in [6.07, 6.45) is 0. The van der Waals surface area contributed by atoms with Crippen LogP contribution >= 0.6 is 0 Å². The van der Waals surface area contributed by atoms with Gasteiger partial charge in [-0.1, -0.05) is 0 Å². The molecule has 128 valence electrons. The lowest BCUT2D eigenvalue weighted by Crippen LogP contribution is -2.02. The van der Waals surface area contributed by atoms with Gasteiger partial charge in [-0.3, -0.25) is 14.1 Å². The second-order valence-electron chi connectivity index (χ2n) is 4.52. The molecular weight excluding hydrogens is 362 g/mol. The Morgan fingerprint density at radius 3 is 2.17 bits per heavy atom. The van der Waals surface area contributed by atoms with Gasteiger partial charge < -0.3 is 4.74 Å². The maximum absolute atomic E-state index is 11.5. The molecule has 0 saturated carbocycles. The normalized spacial score (nSPS) is 12.1. The molecule has 24 heavy (non-hydrogen) atoms. The number of hydrogen-bond acceptors (Lipinski definition) is 8. The summed E-state index contributed by atoms with van der Waals surface area (Å²) < 4.78 is 69.3. The number of methoxy groups -OCH3 is 1. The molecule has 0 aliphatic rings. The van der Waals surface area contributed by atoms with E-state index in [-0.39, 0.29) is 22.2 Å². The first-order chi connectivity index (χ1) is 11.0. The first-order valence-electron chi connectivity index (χ1n) is 6.02. The van der Waals surface area contributed by atoms with Crippen molar-refractivity contribution in [3.8, 4) is 5.75 Å². The number of nitrogens with zero attached hydrogens (tertiary/aromatic N) is 2. The molecule has 2 rings (SSSR count). The summed E-state index contributed by atoms with van der Waals surface area (Å²) in [4.78, 5) is 2.31. The van der Waals surface area contributed by atoms with Crippen molar-refractivity contribution in [3.05, 3.63) is 18.2 Å². The standard InChI is InChI=1S/C12H11N3O7S2/c1-14-8-5-7(23(16,17)18)3-6-4-9(24(19,20)21)11(15-13)12(22-2)10(6)8/h3-5,13H,1H2,2H3,(H,16,17,18)(H,19,20,21). The van der Waals surface area contributed by atoms with Crippen LogP contribution in [0.4, 0.5) is 11.4 Å². The number of benzene rings is 2. The van der Waals surface area contributed by atoms with Gasteiger partial charge in [-0.15, -0.1) is 0 Å². The maximum atomic E-state index is 11.5. The van der Waals surface area contributed by atoms with Gasteiger partial charge in [0.05, 0.1) is 23.1 Å². The highest BCUT2D eigenvalue weighted by molar-refractivity contribution is 7.86. The van der Waals surface area contributed by atoms with Crippen molar-refractivity contribution in [2.24, 2.45) is 10.1 Å². The molecule has 0 amide bonds. The predicted octanol–water partition coefficient (Wildman–Crippen LogP) is 2.34. The second kappa shape index (κ2) is 5.90. The second-order valence-corrected chi connectivity index (χ2v) is 7.33. The van der Waals surface area contributed by atoms with Crippen LogP contribution in [0.25, 0.3) is 10.8 Å². The van der Waals surface area contributed by atoms with Crippen LogP contribution in [0.2, 0.25) is 0 Å². The third-order valence-electron chi connectivity index (χ3n) is 3.15. The lowest BCUT2D eigenvalue weighted by Gasteiger charge is -2.14. The number of rotatable bonds is 5. The molecule has 0 bridgehead atoms. The van der Waals surface area contributed by atoms with Crippen molar-refractivity contribution < 1.29 is 30.7 Å². The molecule has 12 heteroatoms. The van der Waals surface area contributed by atoms with Gasteiger partial charge in [0.2, 0.25) is 0 Å². The summed E-state index contributed by atoms with van der Waals surface area (Å²) >= 11 is 0. The Morgan fingerprint density at radius 1 is 1.12 bits per heavy atom. The van der Waals surface area contributed by atoms with Crippen LogP contribution < -0.4 is 4.74 Å². The minimum Gasteiger partial charge on any atom is -0.494 e. The lowest BCUT2D eigenvalue weighted by molar-refractivity contribution is 0.418. The van der Waals surface area contributed by atoms with Crippen LogP contribution in [-0.2, 0) is 20.2 Å². The molecule has 0 aromatic heterocycles. The molecule has 0 aliphatic heterocycles. The topological polar surface area (TPSA) is 167 Å². The zero-order valence-electron chi connectivity index (χ0n) is 12.1. The highest BCUT2D eigenvalue weighted by atomic mass is 32.2. The van der Waals surface area contributed by atoms with Crippen molar-refractivity contribution in [2.75, 3.05) is 7.11 Å². The molecular formula is C12H11N3O7S2. The van der Waals surface area contributed by atoms with Crippen LogP contribution in [0.1, 0.15) is 0 Å². The lowest BCUT2D eigenvalue weighted by atomic mass is 10.1. The fourth-order valence-electron chi connectivity index (χ4n) is 2.20. The Labute approximate surface area is 136 Å². The molecule has 3 N–H and O–H groups in total. The molecule has 0 heterocycles. The molecule has 0 saturated heterocycles. The molecule has 10 nitrogen and oxygen atoms in total. The minimum atomic E-state index is -4.79. The molecule has 0 spiro atoms. The summed E-state index contributed by atoms with van der Waals surface area (Å²) in [5.74, 6) is -0.223. The van der Waals surface area contributed by atoms with E-state index >= 15 is 0 Å². The first-order valence-corrected chi connectivity index (χ1v) is 8.90. The van der Waals surface area contributed by atoms with Gasteiger partial charge in [0.15, 0.2) is 5.75 Å². The summed E-state index contributed by atoms with van der Waals surface area (Å²) in [5, 5.41) is 3.13. The average molecular weight is 373 g/mol. The molecule has 0 aliphatic carbocycles. The molecule has 2 aromatic rings. The number of hydrogen-bond donors (Lipinski definition) is 3. The van der Waals surface area contributed by atoms with E-state index in [0.29, 0.717) is 0 Å². The van der Waals surface area contributed by atoms with Crippen molar-refractivity contribution in [3.63, 3.8) is 0 Å². The van der Waals surface area contributed by atoms with E-state index in [2.05, 4.69) is 16.8 Å². The van der Waals surface area contributed by atoms with Gasteiger partial charge in [-0.2, -0.15) is 21.9 Å². The Morgan fingerprint density at radius 2 is 1.75 bits per heavy atom. The number of nitrogens with one attached hydrogen (secondary N) is 1. The number of aliphatic imine (C=N–C) groups is 1. The minimum absolute atomic E-state index is 0.0376. The quantitative estimate of drug-likeness (QED) is 0.410. The van der Waals surface area contributed by atoms with E-state index in [9.17, 15) is 25.9 Å². The Kier molecular flexibility index (Phi) is 4.41. The largest absolute Gasteiger partial charge is 0.494 e. The maximum Gasteiger partial charge on any atom is 0.296 e. The Balaban J connectivity index is 3.17. The summed E-state index contributed by atoms with van der Waals surface area (Å²) in [6, 6.07) is 2.85. The van der Waals surface area contributed by atoms with Crippen LogP contribution in [0.15, 0.2) is 38.1 Å². The third kappa shape index (κ3) is 2.99. The highest BCUT2D eigenvalue weighted by Gasteiger charge is 2.25. The van der Waals surface area contributed by atoms with Gasteiger partial charge in [-0.05, 0) is 30.3 Å². The number of ether oxygens (including phenoxy) is 1. The summed E-state index contributed by atoms with van der Waals surface area (Å²) in [6.45, 7) is 3.28. The van der Waals surface area contributed by atoms with Crippen LogP contribution in [0.3, 0.4) is 0 Å². The highest BCUT2D eigenvalue weighted by Crippen LogP contribution is 2.45. The summed E-state index contributed by atoms with van der Waals surface area (Å²) in [5.41, 5.74) is 6.60. The average Bonchev–Trinajstić information content (AvgIpc) is 2.49. The van der Waals surface area contributed by atoms with Crippen LogP contribution in [0, 0.1) is 5.53 Å². The molecule has 0 atom stereocenters. The van der Waals surface area contributed by atoms with Crippen LogP contribution in [0.5, 0.6) is 5.75 Å². The van der Waals surface area contributed by atoms with Crippen molar-refractivity contribution in [1.29, 1.82) is 5.53 Å². The van der Waals surface area contributed by atoms with Gasteiger partial charge in [0.1, 0.15) is 10.6 Å². The van der Waals surface area contributed by atoms with Gasteiger partial charge in [0.25, 0.3) is 20.2 Å². The smallest absolute Gasteiger partial charge is 0.296 e. The zero-order valence-corrected chi connectivity index (χ0v) is 13.7. The van der Waals surface area contributed by atoms with E-state index in [4.69, 9.17) is 10.3 Å². The molecule has 2 aromatic carbocycles. The van der Waals surface area contributed by atoms with E-state index in [0.717, 1.165) is 18.2 Å². The van der Waals surface area contributed by atoms with Gasteiger partial charge in [-0.25, -0.2) is 5.53 Å². The van der Waals surface area contributed by atoms with E-state index < -0.39 is 35.7 Å². The van der Waals surface area contributed by atoms with E-state index in [1.165, 1.54) is 7.11 Å². The van der Waals surface area contributed by atoms with Gasteiger partial charge >= 0.3 is 0 Å². The van der Waals surface area contributed by atoms with Crippen molar-refractivity contribution in [2.45, 2.75) is 9.79 Å². The fraction of sp³-hybridized carbons (Fsp3) is 0.0833.